The van der Waals surface area contributed by atoms with Crippen molar-refractivity contribution in [3.05, 3.63) is 56.7 Å². The van der Waals surface area contributed by atoms with Crippen LogP contribution in [0.2, 0.25) is 0 Å². The number of fused-ring (bicyclic) bond motifs is 2. The molecule has 0 aliphatic rings. The van der Waals surface area contributed by atoms with Crippen molar-refractivity contribution < 1.29 is 13.2 Å². The lowest BCUT2D eigenvalue weighted by molar-refractivity contribution is -0.145. The van der Waals surface area contributed by atoms with Gasteiger partial charge in [-0.15, -0.1) is 11.3 Å². The highest BCUT2D eigenvalue weighted by molar-refractivity contribution is 7.99. The van der Waals surface area contributed by atoms with Gasteiger partial charge in [0.25, 0.3) is 5.56 Å². The van der Waals surface area contributed by atoms with Gasteiger partial charge in [0.05, 0.1) is 16.2 Å². The number of nitrogens with one attached hydrogen (secondary N) is 1. The predicted molar refractivity (Wildman–Crippen MR) is 109 cm³/mol. The van der Waals surface area contributed by atoms with Crippen molar-refractivity contribution in [3.8, 4) is 0 Å². The molecule has 0 spiro atoms. The fourth-order valence-corrected chi connectivity index (χ4v) is 4.99. The zero-order chi connectivity index (χ0) is 20.9. The average molecular weight is 436 g/mol. The van der Waals surface area contributed by atoms with Gasteiger partial charge in [-0.05, 0) is 32.4 Å². The van der Waals surface area contributed by atoms with Gasteiger partial charge in [-0.3, -0.25) is 4.79 Å². The molecule has 3 aromatic heterocycles. The molecule has 0 saturated carbocycles. The van der Waals surface area contributed by atoms with Crippen LogP contribution in [0.1, 0.15) is 34.3 Å². The maximum absolute atomic E-state index is 13.2. The molecule has 1 unspecified atom stereocenters. The van der Waals surface area contributed by atoms with E-state index in [9.17, 15) is 18.0 Å². The molecule has 4 aromatic rings. The zero-order valence-electron chi connectivity index (χ0n) is 15.6. The highest BCUT2D eigenvalue weighted by Crippen LogP contribution is 2.38. The monoisotopic (exact) mass is 436 g/mol. The number of aromatic nitrogens is 4. The van der Waals surface area contributed by atoms with Gasteiger partial charge in [-0.1, -0.05) is 30.0 Å². The Bertz CT molecular complexity index is 1300. The van der Waals surface area contributed by atoms with Gasteiger partial charge in [0.15, 0.2) is 0 Å². The van der Waals surface area contributed by atoms with Crippen molar-refractivity contribution in [2.24, 2.45) is 0 Å². The lowest BCUT2D eigenvalue weighted by Crippen LogP contribution is -2.13. The molecule has 10 heteroatoms. The normalized spacial score (nSPS) is 13.3. The van der Waals surface area contributed by atoms with E-state index < -0.39 is 17.3 Å². The highest BCUT2D eigenvalue weighted by atomic mass is 32.2. The van der Waals surface area contributed by atoms with E-state index in [0.29, 0.717) is 21.4 Å². The largest absolute Gasteiger partial charge is 0.451 e. The van der Waals surface area contributed by atoms with Crippen LogP contribution >= 0.6 is 23.1 Å². The number of halogens is 3. The van der Waals surface area contributed by atoms with Gasteiger partial charge in [0.1, 0.15) is 15.7 Å². The Labute approximate surface area is 171 Å². The van der Waals surface area contributed by atoms with Crippen molar-refractivity contribution >= 4 is 44.2 Å². The van der Waals surface area contributed by atoms with Gasteiger partial charge in [-0.25, -0.2) is 15.0 Å². The zero-order valence-corrected chi connectivity index (χ0v) is 17.2. The molecule has 0 saturated heterocycles. The second-order valence-corrected chi connectivity index (χ2v) is 9.07. The quantitative estimate of drug-likeness (QED) is 0.343. The van der Waals surface area contributed by atoms with E-state index in [0.717, 1.165) is 22.2 Å². The van der Waals surface area contributed by atoms with Crippen LogP contribution in [0.5, 0.6) is 0 Å². The minimum Gasteiger partial charge on any atom is -0.309 e. The van der Waals surface area contributed by atoms with Gasteiger partial charge in [-0.2, -0.15) is 13.2 Å². The van der Waals surface area contributed by atoms with Gasteiger partial charge < -0.3 is 4.98 Å². The SMILES string of the molecule is Cc1sc2nc(C(C)Sc3nc(C(F)(F)F)nc4ccccc34)[nH]c(=O)c2c1C. The van der Waals surface area contributed by atoms with E-state index in [1.807, 2.05) is 13.8 Å². The molecular weight excluding hydrogens is 421 g/mol. The van der Waals surface area contributed by atoms with Crippen LogP contribution in [0.15, 0.2) is 34.1 Å². The number of aromatic amines is 1. The number of H-pyrrole nitrogens is 1. The Balaban J connectivity index is 1.79. The van der Waals surface area contributed by atoms with Crippen LogP contribution in [0.3, 0.4) is 0 Å². The fraction of sp³-hybridized carbons (Fsp3) is 0.263. The summed E-state index contributed by atoms with van der Waals surface area (Å²) in [7, 11) is 0. The number of alkyl halides is 3. The van der Waals surface area contributed by atoms with Crippen molar-refractivity contribution in [1.29, 1.82) is 0 Å². The molecule has 0 aliphatic heterocycles. The fourth-order valence-electron chi connectivity index (χ4n) is 2.95. The molecule has 0 radical (unpaired) electrons. The summed E-state index contributed by atoms with van der Waals surface area (Å²) in [5, 5.41) is 0.842. The molecular formula is C19H15F3N4OS2. The van der Waals surface area contributed by atoms with E-state index in [1.54, 1.807) is 25.1 Å². The van der Waals surface area contributed by atoms with E-state index in [2.05, 4.69) is 19.9 Å². The number of para-hydroxylation sites is 1. The van der Waals surface area contributed by atoms with Crippen LogP contribution in [0, 0.1) is 13.8 Å². The Hall–Kier alpha value is -2.46. The number of benzene rings is 1. The van der Waals surface area contributed by atoms with Gasteiger partial charge >= 0.3 is 6.18 Å². The molecule has 29 heavy (non-hydrogen) atoms. The second-order valence-electron chi connectivity index (χ2n) is 6.54. The minimum absolute atomic E-state index is 0.191. The smallest absolute Gasteiger partial charge is 0.309 e. The summed E-state index contributed by atoms with van der Waals surface area (Å²) in [4.78, 5) is 28.8. The first kappa shape index (κ1) is 19.8. The summed E-state index contributed by atoms with van der Waals surface area (Å²) in [5.74, 6) is -0.794. The number of rotatable bonds is 3. The third kappa shape index (κ3) is 3.62. The lowest BCUT2D eigenvalue weighted by Gasteiger charge is -2.14. The number of thioether (sulfide) groups is 1. The molecule has 3 heterocycles. The average Bonchev–Trinajstić information content (AvgIpc) is 2.95. The highest BCUT2D eigenvalue weighted by Gasteiger charge is 2.35. The lowest BCUT2D eigenvalue weighted by atomic mass is 10.2. The first-order chi connectivity index (χ1) is 13.6. The summed E-state index contributed by atoms with van der Waals surface area (Å²) in [5.41, 5.74) is 0.857. The molecule has 5 nitrogen and oxygen atoms in total. The van der Waals surface area contributed by atoms with Crippen molar-refractivity contribution in [1.82, 2.24) is 19.9 Å². The topological polar surface area (TPSA) is 71.5 Å². The van der Waals surface area contributed by atoms with Crippen LogP contribution in [0.25, 0.3) is 21.1 Å². The molecule has 0 bridgehead atoms. The van der Waals surface area contributed by atoms with Crippen molar-refractivity contribution in [3.63, 3.8) is 0 Å². The van der Waals surface area contributed by atoms with E-state index in [-0.39, 0.29) is 16.1 Å². The minimum atomic E-state index is -4.65. The Morgan fingerprint density at radius 3 is 2.59 bits per heavy atom. The van der Waals surface area contributed by atoms with Gasteiger partial charge in [0.2, 0.25) is 5.82 Å². The first-order valence-corrected chi connectivity index (χ1v) is 10.4. The Morgan fingerprint density at radius 1 is 1.14 bits per heavy atom. The van der Waals surface area contributed by atoms with Crippen LogP contribution < -0.4 is 5.56 Å². The summed E-state index contributed by atoms with van der Waals surface area (Å²) in [6.07, 6.45) is -4.65. The van der Waals surface area contributed by atoms with Crippen LogP contribution in [-0.4, -0.2) is 19.9 Å². The third-order valence-electron chi connectivity index (χ3n) is 4.55. The van der Waals surface area contributed by atoms with Crippen LogP contribution in [0.4, 0.5) is 13.2 Å². The molecule has 150 valence electrons. The predicted octanol–water partition coefficient (Wildman–Crippen LogP) is 5.42. The molecule has 0 fully saturated rings. The molecule has 1 atom stereocenters. The molecule has 1 N–H and O–H groups in total. The summed E-state index contributed by atoms with van der Waals surface area (Å²) < 4.78 is 39.7. The maximum Gasteiger partial charge on any atom is 0.451 e. The summed E-state index contributed by atoms with van der Waals surface area (Å²) >= 11 is 2.53. The van der Waals surface area contributed by atoms with E-state index >= 15 is 0 Å². The van der Waals surface area contributed by atoms with E-state index in [4.69, 9.17) is 0 Å². The number of hydrogen-bond acceptors (Lipinski definition) is 6. The first-order valence-electron chi connectivity index (χ1n) is 8.65. The maximum atomic E-state index is 13.2. The Morgan fingerprint density at radius 2 is 1.86 bits per heavy atom. The molecule has 4 rings (SSSR count). The van der Waals surface area contributed by atoms with Crippen LogP contribution in [-0.2, 0) is 6.18 Å². The van der Waals surface area contributed by atoms with Crippen molar-refractivity contribution in [2.75, 3.05) is 0 Å². The number of aryl methyl sites for hydroxylation is 2. The number of thiophene rings is 1. The standard InChI is InChI=1S/C19H15F3N4OS2/c1-8-9(2)28-17-13(8)15(27)24-14(25-17)10(3)29-16-11-6-4-5-7-12(11)23-18(26-16)19(20,21)22/h4-7,10H,1-3H3,(H,24,25,27). The van der Waals surface area contributed by atoms with Crippen molar-refractivity contribution in [2.45, 2.75) is 37.2 Å². The number of hydrogen-bond donors (Lipinski definition) is 1. The second kappa shape index (κ2) is 7.10. The third-order valence-corrected chi connectivity index (χ3v) is 6.77. The number of nitrogens with zero attached hydrogens (tertiary/aromatic N) is 3. The molecule has 0 amide bonds. The summed E-state index contributed by atoms with van der Waals surface area (Å²) in [6.45, 7) is 5.56. The van der Waals surface area contributed by atoms with Gasteiger partial charge in [0, 0.05) is 10.3 Å². The Kier molecular flexibility index (Phi) is 4.86. The van der Waals surface area contributed by atoms with E-state index in [1.165, 1.54) is 17.4 Å². The molecule has 1 aromatic carbocycles. The summed E-state index contributed by atoms with van der Waals surface area (Å²) in [6, 6.07) is 6.54. The molecule has 0 aliphatic carbocycles.